The van der Waals surface area contributed by atoms with Gasteiger partial charge in [-0.3, -0.25) is 14.3 Å². The van der Waals surface area contributed by atoms with E-state index in [1.165, 1.54) is 30.6 Å². The van der Waals surface area contributed by atoms with Crippen LogP contribution in [0.25, 0.3) is 0 Å². The molecule has 2 aromatic rings. The van der Waals surface area contributed by atoms with Crippen LogP contribution in [-0.2, 0) is 24.5 Å². The molecule has 0 radical (unpaired) electrons. The Bertz CT molecular complexity index is 1110. The predicted molar refractivity (Wildman–Crippen MR) is 117 cm³/mol. The molecule has 0 saturated carbocycles. The van der Waals surface area contributed by atoms with Crippen molar-refractivity contribution in [3.63, 3.8) is 0 Å². The molecule has 0 spiro atoms. The van der Waals surface area contributed by atoms with E-state index in [2.05, 4.69) is 15.1 Å². The van der Waals surface area contributed by atoms with Gasteiger partial charge in [-0.1, -0.05) is 41.6 Å². The highest BCUT2D eigenvalue weighted by molar-refractivity contribution is 8.14. The van der Waals surface area contributed by atoms with Crippen molar-refractivity contribution in [2.24, 2.45) is 5.10 Å². The molecule has 0 fully saturated rings. The summed E-state index contributed by atoms with van der Waals surface area (Å²) in [5.74, 6) is -0.565. The van der Waals surface area contributed by atoms with Gasteiger partial charge in [0.15, 0.2) is 5.17 Å². The van der Waals surface area contributed by atoms with Crippen molar-refractivity contribution >= 4 is 44.5 Å². The predicted octanol–water partition coefficient (Wildman–Crippen LogP) is 2.97. The van der Waals surface area contributed by atoms with Crippen molar-refractivity contribution in [2.45, 2.75) is 37.5 Å². The van der Waals surface area contributed by atoms with Gasteiger partial charge < -0.3 is 5.32 Å². The number of carbonyl (C=O) groups is 2. The summed E-state index contributed by atoms with van der Waals surface area (Å²) in [5.41, 5.74) is 2.09. The standard InChI is InChI=1S/C20H22N4O4S2/c1-13-5-11-18(12-6-13)30(27,28)23-17-9-7-16(8-10-17)20(4)24(15(3)26)22-19(29-20)21-14(2)25/h5-12,23H,1-4H3,(H,21,22,25)/t20-/m1/s1. The zero-order valence-corrected chi connectivity index (χ0v) is 18.6. The third-order valence-corrected chi connectivity index (χ3v) is 7.06. The molecule has 30 heavy (non-hydrogen) atoms. The Kier molecular flexibility index (Phi) is 5.91. The number of hydrogen-bond acceptors (Lipinski definition) is 6. The first-order chi connectivity index (χ1) is 14.0. The Morgan fingerprint density at radius 1 is 1.03 bits per heavy atom. The number of hydrazone groups is 1. The first-order valence-corrected chi connectivity index (χ1v) is 11.4. The minimum atomic E-state index is -3.71. The minimum absolute atomic E-state index is 0.173. The lowest BCUT2D eigenvalue weighted by Crippen LogP contribution is -2.37. The summed E-state index contributed by atoms with van der Waals surface area (Å²) in [6.45, 7) is 6.45. The second-order valence-corrected chi connectivity index (χ2v) is 10.1. The summed E-state index contributed by atoms with van der Waals surface area (Å²) in [5, 5.41) is 8.43. The number of amides is 2. The van der Waals surface area contributed by atoms with Crippen LogP contribution >= 0.6 is 11.8 Å². The number of aryl methyl sites for hydroxylation is 1. The molecular weight excluding hydrogens is 424 g/mol. The van der Waals surface area contributed by atoms with Crippen molar-refractivity contribution in [1.29, 1.82) is 0 Å². The number of benzene rings is 2. The van der Waals surface area contributed by atoms with Gasteiger partial charge in [0.25, 0.3) is 10.0 Å². The van der Waals surface area contributed by atoms with Gasteiger partial charge in [-0.25, -0.2) is 13.4 Å². The third-order valence-electron chi connectivity index (χ3n) is 4.48. The van der Waals surface area contributed by atoms with Crippen LogP contribution in [0.2, 0.25) is 0 Å². The third kappa shape index (κ3) is 4.49. The highest BCUT2D eigenvalue weighted by Crippen LogP contribution is 2.45. The van der Waals surface area contributed by atoms with Crippen LogP contribution < -0.4 is 10.0 Å². The quantitative estimate of drug-likeness (QED) is 0.751. The molecule has 0 unspecified atom stereocenters. The number of rotatable bonds is 4. The van der Waals surface area contributed by atoms with Crippen LogP contribution in [0.5, 0.6) is 0 Å². The summed E-state index contributed by atoms with van der Waals surface area (Å²) in [6, 6.07) is 13.3. The SMILES string of the molecule is CC(=O)NC1=NN(C(C)=O)[C@@](C)(c2ccc(NS(=O)(=O)c3ccc(C)cc3)cc2)S1. The number of hydrogen-bond donors (Lipinski definition) is 2. The van der Waals surface area contributed by atoms with Crippen LogP contribution in [0.3, 0.4) is 0 Å². The van der Waals surface area contributed by atoms with Gasteiger partial charge in [0.2, 0.25) is 11.8 Å². The van der Waals surface area contributed by atoms with Gasteiger partial charge in [0, 0.05) is 19.5 Å². The van der Waals surface area contributed by atoms with Crippen LogP contribution in [-0.4, -0.2) is 30.4 Å². The topological polar surface area (TPSA) is 108 Å². The normalized spacial score (nSPS) is 18.7. The summed E-state index contributed by atoms with van der Waals surface area (Å²) >= 11 is 1.23. The van der Waals surface area contributed by atoms with E-state index in [1.54, 1.807) is 48.5 Å². The minimum Gasteiger partial charge on any atom is -0.304 e. The Balaban J connectivity index is 1.83. The van der Waals surface area contributed by atoms with Gasteiger partial charge in [0.05, 0.1) is 4.90 Å². The molecule has 1 heterocycles. The van der Waals surface area contributed by atoms with E-state index in [9.17, 15) is 18.0 Å². The fourth-order valence-corrected chi connectivity index (χ4v) is 5.23. The van der Waals surface area contributed by atoms with E-state index < -0.39 is 14.9 Å². The lowest BCUT2D eigenvalue weighted by Gasteiger charge is -2.31. The van der Waals surface area contributed by atoms with E-state index in [0.717, 1.165) is 11.1 Å². The Morgan fingerprint density at radius 3 is 2.17 bits per heavy atom. The molecule has 2 amide bonds. The summed E-state index contributed by atoms with van der Waals surface area (Å²) < 4.78 is 27.7. The summed E-state index contributed by atoms with van der Waals surface area (Å²) in [4.78, 5) is 22.8. The molecule has 10 heteroatoms. The lowest BCUT2D eigenvalue weighted by atomic mass is 10.1. The van der Waals surface area contributed by atoms with Crippen LogP contribution in [0.1, 0.15) is 31.9 Å². The van der Waals surface area contributed by atoms with Crippen molar-refractivity contribution in [2.75, 3.05) is 4.72 Å². The highest BCUT2D eigenvalue weighted by atomic mass is 32.2. The monoisotopic (exact) mass is 446 g/mol. The maximum atomic E-state index is 12.6. The van der Waals surface area contributed by atoms with Crippen LogP contribution in [0.4, 0.5) is 5.69 Å². The highest BCUT2D eigenvalue weighted by Gasteiger charge is 2.43. The number of anilines is 1. The average molecular weight is 447 g/mol. The molecule has 0 bridgehead atoms. The van der Waals surface area contributed by atoms with Crippen LogP contribution in [0, 0.1) is 6.92 Å². The van der Waals surface area contributed by atoms with Gasteiger partial charge in [-0.2, -0.15) is 0 Å². The van der Waals surface area contributed by atoms with Crippen LogP contribution in [0.15, 0.2) is 58.5 Å². The van der Waals surface area contributed by atoms with Gasteiger partial charge >= 0.3 is 0 Å². The largest absolute Gasteiger partial charge is 0.304 e. The molecular formula is C20H22N4O4S2. The zero-order valence-electron chi connectivity index (χ0n) is 17.0. The maximum absolute atomic E-state index is 12.6. The van der Waals surface area contributed by atoms with Crippen molar-refractivity contribution in [1.82, 2.24) is 10.3 Å². The van der Waals surface area contributed by atoms with E-state index >= 15 is 0 Å². The molecule has 0 aliphatic carbocycles. The van der Waals surface area contributed by atoms with E-state index in [1.807, 2.05) is 13.8 Å². The number of thioether (sulfide) groups is 1. The van der Waals surface area contributed by atoms with E-state index in [-0.39, 0.29) is 16.7 Å². The Morgan fingerprint density at radius 2 is 1.63 bits per heavy atom. The lowest BCUT2D eigenvalue weighted by molar-refractivity contribution is -0.131. The number of nitrogens with one attached hydrogen (secondary N) is 2. The molecule has 2 N–H and O–H groups in total. The molecule has 0 aromatic heterocycles. The number of carbonyl (C=O) groups excluding carboxylic acids is 2. The van der Waals surface area contributed by atoms with Gasteiger partial charge in [-0.15, -0.1) is 5.10 Å². The fourth-order valence-electron chi connectivity index (χ4n) is 2.97. The molecule has 8 nitrogen and oxygen atoms in total. The molecule has 0 saturated heterocycles. The second-order valence-electron chi connectivity index (χ2n) is 7.00. The van der Waals surface area contributed by atoms with Gasteiger partial charge in [0.1, 0.15) is 4.87 Å². The average Bonchev–Trinajstić information content (AvgIpc) is 2.99. The molecule has 1 aliphatic rings. The van der Waals surface area contributed by atoms with E-state index in [0.29, 0.717) is 10.9 Å². The van der Waals surface area contributed by atoms with Crippen molar-refractivity contribution in [3.8, 4) is 0 Å². The summed E-state index contributed by atoms with van der Waals surface area (Å²) in [7, 11) is -3.71. The number of sulfonamides is 1. The molecule has 158 valence electrons. The number of amidine groups is 1. The Labute approximate surface area is 179 Å². The Hall–Kier alpha value is -2.85. The van der Waals surface area contributed by atoms with Crippen molar-refractivity contribution in [3.05, 3.63) is 59.7 Å². The molecule has 1 aliphatic heterocycles. The summed E-state index contributed by atoms with van der Waals surface area (Å²) in [6.07, 6.45) is 0. The van der Waals surface area contributed by atoms with E-state index in [4.69, 9.17) is 0 Å². The fraction of sp³-hybridized carbons (Fsp3) is 0.250. The van der Waals surface area contributed by atoms with Crippen molar-refractivity contribution < 1.29 is 18.0 Å². The second kappa shape index (κ2) is 8.11. The smallest absolute Gasteiger partial charge is 0.261 e. The van der Waals surface area contributed by atoms with Gasteiger partial charge in [-0.05, 0) is 43.7 Å². The molecule has 3 rings (SSSR count). The maximum Gasteiger partial charge on any atom is 0.261 e. The number of nitrogens with zero attached hydrogens (tertiary/aromatic N) is 2. The first kappa shape index (κ1) is 21.8. The zero-order chi connectivity index (χ0) is 22.1. The first-order valence-electron chi connectivity index (χ1n) is 9.07. The molecule has 2 aromatic carbocycles. The molecule has 1 atom stereocenters.